The van der Waals surface area contributed by atoms with Gasteiger partial charge in [0, 0.05) is 18.9 Å². The molecule has 0 amide bonds. The number of carboxylic acid groups (broad SMARTS) is 1. The molecule has 0 spiro atoms. The fraction of sp³-hybridized carbons (Fsp3) is 0.333. The molecule has 1 atom stereocenters. The van der Waals surface area contributed by atoms with Gasteiger partial charge in [0.2, 0.25) is 0 Å². The van der Waals surface area contributed by atoms with E-state index in [1.807, 2.05) is 43.4 Å². The largest absolute Gasteiger partial charge is 0.481 e. The van der Waals surface area contributed by atoms with E-state index < -0.39 is 5.97 Å². The van der Waals surface area contributed by atoms with Gasteiger partial charge in [0.25, 0.3) is 0 Å². The highest BCUT2D eigenvalue weighted by Gasteiger charge is 2.18. The zero-order chi connectivity index (χ0) is 13.7. The molecule has 0 bridgehead atoms. The number of nitrogens with zero attached hydrogens (tertiary/aromatic N) is 2. The molecule has 4 nitrogen and oxygen atoms in total. The van der Waals surface area contributed by atoms with E-state index in [-0.39, 0.29) is 5.92 Å². The van der Waals surface area contributed by atoms with Crippen LogP contribution in [-0.2, 0) is 24.7 Å². The highest BCUT2D eigenvalue weighted by atomic mass is 16.4. The van der Waals surface area contributed by atoms with E-state index in [9.17, 15) is 9.90 Å². The van der Waals surface area contributed by atoms with E-state index in [1.54, 1.807) is 10.9 Å². The zero-order valence-corrected chi connectivity index (χ0v) is 11.0. The third-order valence-corrected chi connectivity index (χ3v) is 3.35. The molecule has 0 radical (unpaired) electrons. The van der Waals surface area contributed by atoms with E-state index in [0.717, 1.165) is 17.7 Å². The molecule has 0 aliphatic heterocycles. The number of aromatic nitrogens is 2. The molecule has 0 aliphatic carbocycles. The first kappa shape index (κ1) is 13.3. The highest BCUT2D eigenvalue weighted by molar-refractivity contribution is 5.70. The van der Waals surface area contributed by atoms with Gasteiger partial charge in [-0.3, -0.25) is 9.48 Å². The summed E-state index contributed by atoms with van der Waals surface area (Å²) in [5.74, 6) is -1.08. The molecular weight excluding hydrogens is 240 g/mol. The quantitative estimate of drug-likeness (QED) is 0.865. The molecule has 1 aromatic carbocycles. The number of rotatable bonds is 6. The lowest BCUT2D eigenvalue weighted by Crippen LogP contribution is -2.18. The maximum absolute atomic E-state index is 11.3. The zero-order valence-electron chi connectivity index (χ0n) is 11.0. The van der Waals surface area contributed by atoms with Gasteiger partial charge in [-0.15, -0.1) is 0 Å². The van der Waals surface area contributed by atoms with Crippen LogP contribution in [0.3, 0.4) is 0 Å². The van der Waals surface area contributed by atoms with Gasteiger partial charge in [0.1, 0.15) is 0 Å². The highest BCUT2D eigenvalue weighted by Crippen LogP contribution is 2.15. The van der Waals surface area contributed by atoms with Crippen LogP contribution in [0.4, 0.5) is 0 Å². The third kappa shape index (κ3) is 3.68. The summed E-state index contributed by atoms with van der Waals surface area (Å²) in [6.07, 6.45) is 3.68. The Hall–Kier alpha value is -2.10. The average Bonchev–Trinajstić information content (AvgIpc) is 2.81. The van der Waals surface area contributed by atoms with Crippen LogP contribution in [0.5, 0.6) is 0 Å². The second-order valence-electron chi connectivity index (χ2n) is 4.71. The van der Waals surface area contributed by atoms with Gasteiger partial charge in [0.05, 0.1) is 5.92 Å². The van der Waals surface area contributed by atoms with Gasteiger partial charge in [0.15, 0.2) is 0 Å². The van der Waals surface area contributed by atoms with Crippen LogP contribution < -0.4 is 0 Å². The second-order valence-corrected chi connectivity index (χ2v) is 4.71. The van der Waals surface area contributed by atoms with Crippen molar-refractivity contribution in [2.75, 3.05) is 0 Å². The predicted octanol–water partition coefficient (Wildman–Crippen LogP) is 2.30. The van der Waals surface area contributed by atoms with Gasteiger partial charge >= 0.3 is 5.97 Å². The third-order valence-electron chi connectivity index (χ3n) is 3.35. The van der Waals surface area contributed by atoms with E-state index >= 15 is 0 Å². The smallest absolute Gasteiger partial charge is 0.306 e. The summed E-state index contributed by atoms with van der Waals surface area (Å²) in [6, 6.07) is 11.7. The Kier molecular flexibility index (Phi) is 4.34. The molecule has 0 fully saturated rings. The normalized spacial score (nSPS) is 12.3. The van der Waals surface area contributed by atoms with Crippen LogP contribution in [0.25, 0.3) is 0 Å². The standard InChI is InChI=1S/C15H18N2O2/c1-17-14(9-10-16-17)8-7-13(15(18)19)11-12-5-3-2-4-6-12/h2-6,9-10,13H,7-8,11H2,1H3,(H,18,19). The van der Waals surface area contributed by atoms with Crippen molar-refractivity contribution in [2.24, 2.45) is 13.0 Å². The summed E-state index contributed by atoms with van der Waals surface area (Å²) in [7, 11) is 1.88. The van der Waals surface area contributed by atoms with Crippen molar-refractivity contribution in [3.8, 4) is 0 Å². The van der Waals surface area contributed by atoms with E-state index in [2.05, 4.69) is 5.10 Å². The number of carbonyl (C=O) groups is 1. The minimum absolute atomic E-state index is 0.350. The second kappa shape index (κ2) is 6.18. The minimum atomic E-state index is -0.731. The number of benzene rings is 1. The van der Waals surface area contributed by atoms with Crippen molar-refractivity contribution in [1.82, 2.24) is 9.78 Å². The number of aliphatic carboxylic acids is 1. The number of hydrogen-bond acceptors (Lipinski definition) is 2. The maximum atomic E-state index is 11.3. The SMILES string of the molecule is Cn1nccc1CCC(Cc1ccccc1)C(=O)O. The topological polar surface area (TPSA) is 55.1 Å². The van der Waals surface area contributed by atoms with Crippen molar-refractivity contribution in [3.63, 3.8) is 0 Å². The Morgan fingerprint density at radius 3 is 2.63 bits per heavy atom. The molecule has 4 heteroatoms. The summed E-state index contributed by atoms with van der Waals surface area (Å²) < 4.78 is 1.79. The summed E-state index contributed by atoms with van der Waals surface area (Å²) in [5.41, 5.74) is 2.14. The summed E-state index contributed by atoms with van der Waals surface area (Å²) in [5, 5.41) is 13.4. The van der Waals surface area contributed by atoms with Gasteiger partial charge in [-0.05, 0) is 30.9 Å². The first-order valence-electron chi connectivity index (χ1n) is 6.40. The molecule has 0 saturated carbocycles. The summed E-state index contributed by atoms with van der Waals surface area (Å²) >= 11 is 0. The lowest BCUT2D eigenvalue weighted by molar-refractivity contribution is -0.141. The Labute approximate surface area is 112 Å². The fourth-order valence-electron chi connectivity index (χ4n) is 2.18. The maximum Gasteiger partial charge on any atom is 0.306 e. The van der Waals surface area contributed by atoms with E-state index in [1.165, 1.54) is 0 Å². The van der Waals surface area contributed by atoms with Gasteiger partial charge in [-0.25, -0.2) is 0 Å². The molecule has 2 rings (SSSR count). The average molecular weight is 258 g/mol. The van der Waals surface area contributed by atoms with Crippen LogP contribution in [0, 0.1) is 5.92 Å². The Morgan fingerprint density at radius 1 is 1.32 bits per heavy atom. The first-order chi connectivity index (χ1) is 9.16. The predicted molar refractivity (Wildman–Crippen MR) is 72.8 cm³/mol. The molecule has 2 aromatic rings. The molecule has 19 heavy (non-hydrogen) atoms. The van der Waals surface area contributed by atoms with Gasteiger partial charge < -0.3 is 5.11 Å². The van der Waals surface area contributed by atoms with Crippen LogP contribution in [-0.4, -0.2) is 20.9 Å². The van der Waals surface area contributed by atoms with Crippen LogP contribution in [0.15, 0.2) is 42.6 Å². The molecule has 100 valence electrons. The number of hydrogen-bond donors (Lipinski definition) is 1. The molecule has 1 aromatic heterocycles. The van der Waals surface area contributed by atoms with Crippen LogP contribution in [0.2, 0.25) is 0 Å². The van der Waals surface area contributed by atoms with Gasteiger partial charge in [-0.1, -0.05) is 30.3 Å². The lowest BCUT2D eigenvalue weighted by atomic mass is 9.94. The Morgan fingerprint density at radius 2 is 2.05 bits per heavy atom. The fourth-order valence-corrected chi connectivity index (χ4v) is 2.18. The molecule has 0 aliphatic rings. The number of carboxylic acids is 1. The van der Waals surface area contributed by atoms with Crippen molar-refractivity contribution < 1.29 is 9.90 Å². The van der Waals surface area contributed by atoms with E-state index in [4.69, 9.17) is 0 Å². The molecule has 1 N–H and O–H groups in total. The summed E-state index contributed by atoms with van der Waals surface area (Å²) in [4.78, 5) is 11.3. The molecule has 0 saturated heterocycles. The van der Waals surface area contributed by atoms with Crippen LogP contribution >= 0.6 is 0 Å². The monoisotopic (exact) mass is 258 g/mol. The van der Waals surface area contributed by atoms with Gasteiger partial charge in [-0.2, -0.15) is 5.10 Å². The first-order valence-corrected chi connectivity index (χ1v) is 6.40. The molecule has 1 unspecified atom stereocenters. The van der Waals surface area contributed by atoms with Crippen molar-refractivity contribution in [3.05, 3.63) is 53.9 Å². The minimum Gasteiger partial charge on any atom is -0.481 e. The van der Waals surface area contributed by atoms with E-state index in [0.29, 0.717) is 12.8 Å². The Bertz CT molecular complexity index is 534. The van der Waals surface area contributed by atoms with Crippen LogP contribution in [0.1, 0.15) is 17.7 Å². The molecular formula is C15H18N2O2. The Balaban J connectivity index is 1.97. The lowest BCUT2D eigenvalue weighted by Gasteiger charge is -2.12. The van der Waals surface area contributed by atoms with Crippen molar-refractivity contribution in [1.29, 1.82) is 0 Å². The van der Waals surface area contributed by atoms with Crippen molar-refractivity contribution >= 4 is 5.97 Å². The summed E-state index contributed by atoms with van der Waals surface area (Å²) in [6.45, 7) is 0. The number of aryl methyl sites for hydroxylation is 2. The molecule has 1 heterocycles. The van der Waals surface area contributed by atoms with Crippen molar-refractivity contribution in [2.45, 2.75) is 19.3 Å².